The van der Waals surface area contributed by atoms with Crippen LogP contribution >= 0.6 is 0 Å². The van der Waals surface area contributed by atoms with E-state index >= 15 is 0 Å². The number of hydrogen-bond donors (Lipinski definition) is 2. The zero-order valence-electron chi connectivity index (χ0n) is 12.8. The van der Waals surface area contributed by atoms with Crippen LogP contribution in [0.15, 0.2) is 0 Å². The van der Waals surface area contributed by atoms with Crippen molar-refractivity contribution < 1.29 is 14.4 Å². The number of hydrogen-bond acceptors (Lipinski definition) is 3. The van der Waals surface area contributed by atoms with Gasteiger partial charge in [0.15, 0.2) is 0 Å². The second-order valence-corrected chi connectivity index (χ2v) is 6.37. The quantitative estimate of drug-likeness (QED) is 0.760. The van der Waals surface area contributed by atoms with E-state index in [4.69, 9.17) is 0 Å². The van der Waals surface area contributed by atoms with Crippen molar-refractivity contribution in [3.05, 3.63) is 0 Å². The summed E-state index contributed by atoms with van der Waals surface area (Å²) in [4.78, 5) is 35.0. The predicted octanol–water partition coefficient (Wildman–Crippen LogP) is 1.90. The molecule has 0 aromatic carbocycles. The van der Waals surface area contributed by atoms with Crippen molar-refractivity contribution in [3.63, 3.8) is 0 Å². The van der Waals surface area contributed by atoms with Gasteiger partial charge >= 0.3 is 0 Å². The third kappa shape index (κ3) is 4.55. The molecule has 0 aromatic heterocycles. The van der Waals surface area contributed by atoms with E-state index in [1.165, 1.54) is 19.3 Å². The maximum atomic E-state index is 12.2. The molecule has 1 saturated carbocycles. The predicted molar refractivity (Wildman–Crippen MR) is 79.3 cm³/mol. The zero-order chi connectivity index (χ0) is 15.2. The lowest BCUT2D eigenvalue weighted by Gasteiger charge is -2.29. The van der Waals surface area contributed by atoms with E-state index in [2.05, 4.69) is 17.6 Å². The second kappa shape index (κ2) is 7.57. The molecule has 2 fully saturated rings. The molecule has 5 heteroatoms. The number of unbranched alkanes of at least 4 members (excludes halogenated alkanes) is 1. The zero-order valence-corrected chi connectivity index (χ0v) is 12.8. The van der Waals surface area contributed by atoms with Gasteiger partial charge in [-0.25, -0.2) is 0 Å². The van der Waals surface area contributed by atoms with Gasteiger partial charge in [0, 0.05) is 12.3 Å². The molecular weight excluding hydrogens is 268 g/mol. The number of imide groups is 1. The van der Waals surface area contributed by atoms with Crippen LogP contribution < -0.4 is 10.6 Å². The first-order valence-electron chi connectivity index (χ1n) is 8.24. The third-order valence-electron chi connectivity index (χ3n) is 4.74. The number of carbonyl (C=O) groups is 3. The molecule has 0 bridgehead atoms. The Bertz CT molecular complexity index is 400. The highest BCUT2D eigenvalue weighted by molar-refractivity contribution is 6.01. The Hall–Kier alpha value is -1.39. The van der Waals surface area contributed by atoms with Crippen LogP contribution in [0.5, 0.6) is 0 Å². The molecule has 1 aliphatic heterocycles. The lowest BCUT2D eigenvalue weighted by molar-refractivity contribution is -0.138. The van der Waals surface area contributed by atoms with Crippen molar-refractivity contribution in [3.8, 4) is 0 Å². The standard InChI is InChI=1S/C16H26N2O3/c1-2-3-4-11-5-7-12(8-6-11)15(20)17-13-9-10-14(19)18-16(13)21/h11-13H,2-10H2,1H3,(H,17,20)(H,18,19,21). The van der Waals surface area contributed by atoms with E-state index in [9.17, 15) is 14.4 Å². The average molecular weight is 294 g/mol. The highest BCUT2D eigenvalue weighted by Crippen LogP contribution is 2.32. The summed E-state index contributed by atoms with van der Waals surface area (Å²) in [5.74, 6) is 0.175. The van der Waals surface area contributed by atoms with Gasteiger partial charge in [-0.2, -0.15) is 0 Å². The second-order valence-electron chi connectivity index (χ2n) is 6.37. The average Bonchev–Trinajstić information content (AvgIpc) is 2.48. The highest BCUT2D eigenvalue weighted by atomic mass is 16.2. The SMILES string of the molecule is CCCCC1CCC(C(=O)NC2CCC(=O)NC2=O)CC1. The Kier molecular flexibility index (Phi) is 5.76. The summed E-state index contributed by atoms with van der Waals surface area (Å²) in [6.45, 7) is 2.21. The number of amides is 3. The van der Waals surface area contributed by atoms with Crippen LogP contribution in [0, 0.1) is 11.8 Å². The lowest BCUT2D eigenvalue weighted by atomic mass is 9.79. The van der Waals surface area contributed by atoms with Gasteiger partial charge in [-0.05, 0) is 38.0 Å². The minimum absolute atomic E-state index is 0.0153. The first-order chi connectivity index (χ1) is 10.1. The van der Waals surface area contributed by atoms with Crippen molar-refractivity contribution in [1.29, 1.82) is 0 Å². The van der Waals surface area contributed by atoms with Crippen LogP contribution in [0.1, 0.15) is 64.7 Å². The first-order valence-corrected chi connectivity index (χ1v) is 8.24. The van der Waals surface area contributed by atoms with Gasteiger partial charge in [0.1, 0.15) is 6.04 Å². The van der Waals surface area contributed by atoms with Gasteiger partial charge in [-0.3, -0.25) is 19.7 Å². The molecule has 21 heavy (non-hydrogen) atoms. The van der Waals surface area contributed by atoms with E-state index in [-0.39, 0.29) is 23.6 Å². The molecule has 0 radical (unpaired) electrons. The van der Waals surface area contributed by atoms with E-state index in [0.29, 0.717) is 12.8 Å². The van der Waals surface area contributed by atoms with Crippen LogP contribution in [0.3, 0.4) is 0 Å². The van der Waals surface area contributed by atoms with E-state index in [1.807, 2.05) is 0 Å². The largest absolute Gasteiger partial charge is 0.344 e. The summed E-state index contributed by atoms with van der Waals surface area (Å²) in [5, 5.41) is 5.09. The molecule has 1 aliphatic carbocycles. The number of rotatable bonds is 5. The Labute approximate surface area is 126 Å². The molecule has 1 unspecified atom stereocenters. The number of carbonyl (C=O) groups excluding carboxylic acids is 3. The fourth-order valence-corrected chi connectivity index (χ4v) is 3.33. The normalized spacial score (nSPS) is 29.9. The summed E-state index contributed by atoms with van der Waals surface area (Å²) in [6.07, 6.45) is 8.59. The van der Waals surface area contributed by atoms with E-state index in [0.717, 1.165) is 31.6 Å². The summed E-state index contributed by atoms with van der Waals surface area (Å²) in [7, 11) is 0. The monoisotopic (exact) mass is 294 g/mol. The summed E-state index contributed by atoms with van der Waals surface area (Å²) < 4.78 is 0. The minimum atomic E-state index is -0.534. The molecule has 0 aromatic rings. The van der Waals surface area contributed by atoms with Crippen molar-refractivity contribution in [1.82, 2.24) is 10.6 Å². The van der Waals surface area contributed by atoms with Crippen molar-refractivity contribution in [2.24, 2.45) is 11.8 Å². The van der Waals surface area contributed by atoms with Gasteiger partial charge in [-0.15, -0.1) is 0 Å². The first kappa shape index (κ1) is 16.0. The lowest BCUT2D eigenvalue weighted by Crippen LogP contribution is -2.53. The Morgan fingerprint density at radius 2 is 1.90 bits per heavy atom. The molecule has 5 nitrogen and oxygen atoms in total. The fraction of sp³-hybridized carbons (Fsp3) is 0.812. The maximum Gasteiger partial charge on any atom is 0.249 e. The van der Waals surface area contributed by atoms with E-state index in [1.54, 1.807) is 0 Å². The van der Waals surface area contributed by atoms with Crippen molar-refractivity contribution in [2.45, 2.75) is 70.8 Å². The van der Waals surface area contributed by atoms with Crippen LogP contribution in [0.4, 0.5) is 0 Å². The summed E-state index contributed by atoms with van der Waals surface area (Å²) >= 11 is 0. The van der Waals surface area contributed by atoms with Crippen LogP contribution in [0.2, 0.25) is 0 Å². The van der Waals surface area contributed by atoms with E-state index < -0.39 is 6.04 Å². The molecule has 118 valence electrons. The van der Waals surface area contributed by atoms with Gasteiger partial charge in [0.05, 0.1) is 0 Å². The number of piperidine rings is 1. The number of nitrogens with one attached hydrogen (secondary N) is 2. The molecule has 2 aliphatic rings. The van der Waals surface area contributed by atoms with Crippen molar-refractivity contribution in [2.75, 3.05) is 0 Å². The molecule has 1 heterocycles. The Morgan fingerprint density at radius 1 is 1.19 bits per heavy atom. The molecule has 1 atom stereocenters. The topological polar surface area (TPSA) is 75.3 Å². The summed E-state index contributed by atoms with van der Waals surface area (Å²) in [5.41, 5.74) is 0. The van der Waals surface area contributed by atoms with Gasteiger partial charge in [-0.1, -0.05) is 26.2 Å². The van der Waals surface area contributed by atoms with Crippen LogP contribution in [-0.4, -0.2) is 23.8 Å². The molecule has 3 amide bonds. The van der Waals surface area contributed by atoms with Gasteiger partial charge < -0.3 is 5.32 Å². The van der Waals surface area contributed by atoms with Crippen LogP contribution in [0.25, 0.3) is 0 Å². The Balaban J connectivity index is 1.74. The smallest absolute Gasteiger partial charge is 0.249 e. The van der Waals surface area contributed by atoms with Crippen molar-refractivity contribution >= 4 is 17.7 Å². The fourth-order valence-electron chi connectivity index (χ4n) is 3.33. The molecule has 1 saturated heterocycles. The highest BCUT2D eigenvalue weighted by Gasteiger charge is 2.31. The van der Waals surface area contributed by atoms with Crippen LogP contribution in [-0.2, 0) is 14.4 Å². The molecule has 0 spiro atoms. The molecule has 2 rings (SSSR count). The van der Waals surface area contributed by atoms with Gasteiger partial charge in [0.25, 0.3) is 0 Å². The minimum Gasteiger partial charge on any atom is -0.344 e. The summed E-state index contributed by atoms with van der Waals surface area (Å²) in [6, 6.07) is -0.534. The maximum absolute atomic E-state index is 12.2. The van der Waals surface area contributed by atoms with Gasteiger partial charge in [0.2, 0.25) is 17.7 Å². The third-order valence-corrected chi connectivity index (χ3v) is 4.74. The Morgan fingerprint density at radius 3 is 2.52 bits per heavy atom. The molecular formula is C16H26N2O3. The molecule has 2 N–H and O–H groups in total.